The van der Waals surface area contributed by atoms with Gasteiger partial charge in [-0.05, 0) is 25.5 Å². The normalized spacial score (nSPS) is 24.6. The molecule has 2 rings (SSSR count). The Morgan fingerprint density at radius 1 is 1.62 bits per heavy atom. The summed E-state index contributed by atoms with van der Waals surface area (Å²) < 4.78 is 0.893. The third kappa shape index (κ3) is 2.77. The van der Waals surface area contributed by atoms with Gasteiger partial charge in [0.15, 0.2) is 0 Å². The van der Waals surface area contributed by atoms with Gasteiger partial charge in [0.1, 0.15) is 0 Å². The van der Waals surface area contributed by atoms with E-state index in [0.29, 0.717) is 12.1 Å². The van der Waals surface area contributed by atoms with Crippen molar-refractivity contribution in [2.45, 2.75) is 32.4 Å². The SMILES string of the molecule is CCC1CN(C(C)c2ccc(Cl)s2)CCN1. The number of thiophene rings is 1. The zero-order chi connectivity index (χ0) is 11.5. The monoisotopic (exact) mass is 258 g/mol. The Bertz CT molecular complexity index is 340. The van der Waals surface area contributed by atoms with E-state index in [9.17, 15) is 0 Å². The van der Waals surface area contributed by atoms with Crippen LogP contribution in [0.25, 0.3) is 0 Å². The Labute approximate surface area is 107 Å². The standard InChI is InChI=1S/C12H19ClN2S/c1-3-10-8-15(7-6-14-10)9(2)11-4-5-12(13)16-11/h4-5,9-10,14H,3,6-8H2,1-2H3. The van der Waals surface area contributed by atoms with Crippen LogP contribution in [0.3, 0.4) is 0 Å². The molecule has 16 heavy (non-hydrogen) atoms. The second-order valence-electron chi connectivity index (χ2n) is 4.37. The van der Waals surface area contributed by atoms with E-state index >= 15 is 0 Å². The Hall–Kier alpha value is -0.0900. The Morgan fingerprint density at radius 2 is 2.44 bits per heavy atom. The van der Waals surface area contributed by atoms with Gasteiger partial charge >= 0.3 is 0 Å². The van der Waals surface area contributed by atoms with Crippen LogP contribution < -0.4 is 5.32 Å². The zero-order valence-corrected chi connectivity index (χ0v) is 11.4. The van der Waals surface area contributed by atoms with E-state index in [2.05, 4.69) is 30.1 Å². The van der Waals surface area contributed by atoms with Crippen molar-refractivity contribution >= 4 is 22.9 Å². The molecule has 0 radical (unpaired) electrons. The molecule has 1 aliphatic heterocycles. The average molecular weight is 259 g/mol. The molecule has 0 saturated carbocycles. The summed E-state index contributed by atoms with van der Waals surface area (Å²) in [5.74, 6) is 0. The smallest absolute Gasteiger partial charge is 0.0931 e. The quantitative estimate of drug-likeness (QED) is 0.896. The van der Waals surface area contributed by atoms with Crippen LogP contribution in [0, 0.1) is 0 Å². The van der Waals surface area contributed by atoms with Crippen LogP contribution in [0.1, 0.15) is 31.2 Å². The van der Waals surface area contributed by atoms with Gasteiger partial charge in [0.2, 0.25) is 0 Å². The molecule has 2 nitrogen and oxygen atoms in total. The number of hydrogen-bond acceptors (Lipinski definition) is 3. The van der Waals surface area contributed by atoms with E-state index in [1.807, 2.05) is 6.07 Å². The van der Waals surface area contributed by atoms with Gasteiger partial charge in [0.05, 0.1) is 4.34 Å². The third-order valence-electron chi connectivity index (χ3n) is 3.33. The molecule has 0 bridgehead atoms. The molecule has 1 aromatic heterocycles. The zero-order valence-electron chi connectivity index (χ0n) is 9.87. The summed E-state index contributed by atoms with van der Waals surface area (Å²) in [4.78, 5) is 3.93. The first-order valence-corrected chi connectivity index (χ1v) is 7.12. The summed E-state index contributed by atoms with van der Waals surface area (Å²) in [6, 6.07) is 5.29. The molecule has 0 aliphatic carbocycles. The van der Waals surface area contributed by atoms with Gasteiger partial charge < -0.3 is 5.32 Å². The van der Waals surface area contributed by atoms with Gasteiger partial charge in [0.25, 0.3) is 0 Å². The van der Waals surface area contributed by atoms with E-state index in [0.717, 1.165) is 24.0 Å². The molecule has 1 aromatic rings. The fourth-order valence-corrected chi connectivity index (χ4v) is 3.36. The highest BCUT2D eigenvalue weighted by Crippen LogP contribution is 2.30. The van der Waals surface area contributed by atoms with Crippen LogP contribution in [-0.2, 0) is 0 Å². The van der Waals surface area contributed by atoms with E-state index in [1.54, 1.807) is 11.3 Å². The number of rotatable bonds is 3. The highest BCUT2D eigenvalue weighted by Gasteiger charge is 2.23. The Balaban J connectivity index is 2.01. The van der Waals surface area contributed by atoms with Crippen molar-refractivity contribution in [3.63, 3.8) is 0 Å². The summed E-state index contributed by atoms with van der Waals surface area (Å²) in [5.41, 5.74) is 0. The van der Waals surface area contributed by atoms with E-state index in [-0.39, 0.29) is 0 Å². The van der Waals surface area contributed by atoms with Crippen molar-refractivity contribution in [3.05, 3.63) is 21.3 Å². The second-order valence-corrected chi connectivity index (χ2v) is 6.12. The second kappa shape index (κ2) is 5.50. The lowest BCUT2D eigenvalue weighted by Gasteiger charge is -2.36. The predicted octanol–water partition coefficient (Wildman–Crippen LogP) is 3.15. The fourth-order valence-electron chi connectivity index (χ4n) is 2.21. The largest absolute Gasteiger partial charge is 0.311 e. The van der Waals surface area contributed by atoms with Crippen LogP contribution in [-0.4, -0.2) is 30.6 Å². The lowest BCUT2D eigenvalue weighted by Crippen LogP contribution is -2.50. The van der Waals surface area contributed by atoms with Gasteiger partial charge in [-0.15, -0.1) is 11.3 Å². The molecule has 4 heteroatoms. The first kappa shape index (κ1) is 12.4. The predicted molar refractivity (Wildman–Crippen MR) is 71.4 cm³/mol. The number of nitrogens with zero attached hydrogens (tertiary/aromatic N) is 1. The van der Waals surface area contributed by atoms with Crippen molar-refractivity contribution in [2.24, 2.45) is 0 Å². The number of nitrogens with one attached hydrogen (secondary N) is 1. The minimum absolute atomic E-state index is 0.494. The molecule has 90 valence electrons. The molecule has 0 aromatic carbocycles. The fraction of sp³-hybridized carbons (Fsp3) is 0.667. The van der Waals surface area contributed by atoms with Crippen LogP contribution in [0.5, 0.6) is 0 Å². The first-order valence-electron chi connectivity index (χ1n) is 5.93. The van der Waals surface area contributed by atoms with Crippen molar-refractivity contribution in [1.82, 2.24) is 10.2 Å². The summed E-state index contributed by atoms with van der Waals surface area (Å²) >= 11 is 7.69. The maximum Gasteiger partial charge on any atom is 0.0931 e. The summed E-state index contributed by atoms with van der Waals surface area (Å²) in [7, 11) is 0. The van der Waals surface area contributed by atoms with Crippen LogP contribution >= 0.6 is 22.9 Å². The molecule has 1 saturated heterocycles. The third-order valence-corrected chi connectivity index (χ3v) is 4.73. The van der Waals surface area contributed by atoms with Crippen molar-refractivity contribution < 1.29 is 0 Å². The summed E-state index contributed by atoms with van der Waals surface area (Å²) in [5, 5.41) is 3.55. The Kier molecular flexibility index (Phi) is 4.25. The number of hydrogen-bond donors (Lipinski definition) is 1. The van der Waals surface area contributed by atoms with Crippen LogP contribution in [0.2, 0.25) is 4.34 Å². The minimum atomic E-state index is 0.494. The van der Waals surface area contributed by atoms with Gasteiger partial charge in [-0.2, -0.15) is 0 Å². The van der Waals surface area contributed by atoms with Gasteiger partial charge in [0, 0.05) is 36.6 Å². The lowest BCUT2D eigenvalue weighted by molar-refractivity contribution is 0.153. The maximum absolute atomic E-state index is 5.99. The molecular formula is C12H19ClN2S. The maximum atomic E-state index is 5.99. The molecule has 1 aliphatic rings. The van der Waals surface area contributed by atoms with Crippen LogP contribution in [0.4, 0.5) is 0 Å². The molecule has 0 spiro atoms. The molecular weight excluding hydrogens is 240 g/mol. The van der Waals surface area contributed by atoms with Crippen molar-refractivity contribution in [1.29, 1.82) is 0 Å². The van der Waals surface area contributed by atoms with Crippen molar-refractivity contribution in [3.8, 4) is 0 Å². The first-order chi connectivity index (χ1) is 7.70. The van der Waals surface area contributed by atoms with Gasteiger partial charge in [-0.25, -0.2) is 0 Å². The van der Waals surface area contributed by atoms with Gasteiger partial charge in [-0.1, -0.05) is 18.5 Å². The topological polar surface area (TPSA) is 15.3 Å². The van der Waals surface area contributed by atoms with E-state index in [4.69, 9.17) is 11.6 Å². The number of piperazine rings is 1. The summed E-state index contributed by atoms with van der Waals surface area (Å²) in [6.07, 6.45) is 1.20. The molecule has 2 atom stereocenters. The summed E-state index contributed by atoms with van der Waals surface area (Å²) in [6.45, 7) is 7.90. The molecule has 2 unspecified atom stereocenters. The minimum Gasteiger partial charge on any atom is -0.311 e. The highest BCUT2D eigenvalue weighted by atomic mass is 35.5. The van der Waals surface area contributed by atoms with Crippen LogP contribution in [0.15, 0.2) is 12.1 Å². The highest BCUT2D eigenvalue weighted by molar-refractivity contribution is 7.16. The number of halogens is 1. The van der Waals surface area contributed by atoms with E-state index in [1.165, 1.54) is 11.3 Å². The van der Waals surface area contributed by atoms with E-state index < -0.39 is 0 Å². The molecule has 1 fully saturated rings. The van der Waals surface area contributed by atoms with Crippen molar-refractivity contribution in [2.75, 3.05) is 19.6 Å². The lowest BCUT2D eigenvalue weighted by atomic mass is 10.1. The Morgan fingerprint density at radius 3 is 3.06 bits per heavy atom. The molecule has 2 heterocycles. The molecule has 0 amide bonds. The van der Waals surface area contributed by atoms with Gasteiger partial charge in [-0.3, -0.25) is 4.90 Å². The molecule has 1 N–H and O–H groups in total. The average Bonchev–Trinajstić information content (AvgIpc) is 2.75.